The molecule has 0 fully saturated rings. The molecule has 0 radical (unpaired) electrons. The lowest BCUT2D eigenvalue weighted by Crippen LogP contribution is -2.18. The maximum absolute atomic E-state index is 13.2. The van der Waals surface area contributed by atoms with E-state index in [1.807, 2.05) is 0 Å². The standard InChI is InChI=1S/C14H12F3NO3/c1-3-4-12(21-8(2)19)9-5-6-11(20)10(7-18)13(9)14(15,16)17/h1,5-7,12,18,20H,4H2,2H3. The van der Waals surface area contributed by atoms with Crippen molar-refractivity contribution < 1.29 is 27.8 Å². The molecule has 0 spiro atoms. The number of carbonyl (C=O) groups is 1. The van der Waals surface area contributed by atoms with Crippen molar-refractivity contribution in [1.82, 2.24) is 0 Å². The Hall–Kier alpha value is -2.49. The van der Waals surface area contributed by atoms with E-state index in [2.05, 4.69) is 5.92 Å². The van der Waals surface area contributed by atoms with E-state index in [4.69, 9.17) is 16.6 Å². The number of rotatable bonds is 4. The summed E-state index contributed by atoms with van der Waals surface area (Å²) in [4.78, 5) is 11.0. The van der Waals surface area contributed by atoms with Crippen LogP contribution in [0.15, 0.2) is 12.1 Å². The number of benzene rings is 1. The molecular weight excluding hydrogens is 287 g/mol. The molecule has 112 valence electrons. The number of halogens is 3. The minimum atomic E-state index is -4.84. The molecule has 1 aromatic rings. The van der Waals surface area contributed by atoms with Crippen LogP contribution in [0.5, 0.6) is 5.75 Å². The number of phenolic OH excluding ortho intramolecular Hbond substituents is 1. The molecule has 0 amide bonds. The Morgan fingerprint density at radius 3 is 2.62 bits per heavy atom. The van der Waals surface area contributed by atoms with E-state index in [-0.39, 0.29) is 6.42 Å². The van der Waals surface area contributed by atoms with Crippen molar-refractivity contribution >= 4 is 12.2 Å². The Balaban J connectivity index is 3.57. The van der Waals surface area contributed by atoms with E-state index in [0.717, 1.165) is 19.1 Å². The number of ether oxygens (including phenoxy) is 1. The molecule has 0 heterocycles. The van der Waals surface area contributed by atoms with Crippen molar-refractivity contribution in [2.75, 3.05) is 0 Å². The van der Waals surface area contributed by atoms with Crippen LogP contribution in [0.3, 0.4) is 0 Å². The molecular formula is C14H12F3NO3. The van der Waals surface area contributed by atoms with Gasteiger partial charge in [-0.1, -0.05) is 6.07 Å². The average molecular weight is 299 g/mol. The summed E-state index contributed by atoms with van der Waals surface area (Å²) in [5.41, 5.74) is -2.33. The fraction of sp³-hybridized carbons (Fsp3) is 0.286. The van der Waals surface area contributed by atoms with Gasteiger partial charge < -0.3 is 15.3 Å². The van der Waals surface area contributed by atoms with Crippen LogP contribution in [-0.2, 0) is 15.7 Å². The predicted molar refractivity (Wildman–Crippen MR) is 69.0 cm³/mol. The molecule has 7 heteroatoms. The predicted octanol–water partition coefficient (Wildman–Crippen LogP) is 3.04. The lowest BCUT2D eigenvalue weighted by atomic mass is 9.94. The first kappa shape index (κ1) is 16.6. The molecule has 0 aliphatic rings. The fourth-order valence-corrected chi connectivity index (χ4v) is 1.88. The van der Waals surface area contributed by atoms with Gasteiger partial charge in [0.25, 0.3) is 0 Å². The van der Waals surface area contributed by atoms with Crippen molar-refractivity contribution in [2.45, 2.75) is 25.6 Å². The van der Waals surface area contributed by atoms with Crippen LogP contribution in [0.2, 0.25) is 0 Å². The summed E-state index contributed by atoms with van der Waals surface area (Å²) < 4.78 is 44.4. The third-order valence-corrected chi connectivity index (χ3v) is 2.64. The van der Waals surface area contributed by atoms with Crippen LogP contribution in [0.25, 0.3) is 0 Å². The van der Waals surface area contributed by atoms with E-state index in [9.17, 15) is 23.1 Å². The van der Waals surface area contributed by atoms with E-state index in [1.54, 1.807) is 0 Å². The van der Waals surface area contributed by atoms with Gasteiger partial charge in [-0.25, -0.2) is 0 Å². The Morgan fingerprint density at radius 2 is 2.19 bits per heavy atom. The topological polar surface area (TPSA) is 70.4 Å². The summed E-state index contributed by atoms with van der Waals surface area (Å²) in [5.74, 6) is 0.663. The monoisotopic (exact) mass is 299 g/mol. The third-order valence-electron chi connectivity index (χ3n) is 2.64. The summed E-state index contributed by atoms with van der Waals surface area (Å²) in [6.45, 7) is 1.05. The Kier molecular flexibility index (Phi) is 4.97. The molecule has 0 saturated heterocycles. The summed E-state index contributed by atoms with van der Waals surface area (Å²) >= 11 is 0. The fourth-order valence-electron chi connectivity index (χ4n) is 1.88. The Bertz CT molecular complexity index is 603. The zero-order valence-electron chi connectivity index (χ0n) is 11.0. The highest BCUT2D eigenvalue weighted by atomic mass is 19.4. The molecule has 0 saturated carbocycles. The van der Waals surface area contributed by atoms with Crippen LogP contribution >= 0.6 is 0 Å². The molecule has 1 aromatic carbocycles. The van der Waals surface area contributed by atoms with Crippen LogP contribution < -0.4 is 0 Å². The normalized spacial score (nSPS) is 12.3. The summed E-state index contributed by atoms with van der Waals surface area (Å²) in [5, 5.41) is 16.5. The maximum atomic E-state index is 13.2. The molecule has 1 unspecified atom stereocenters. The number of phenols is 1. The molecule has 0 aliphatic carbocycles. The van der Waals surface area contributed by atoms with Gasteiger partial charge in [0.2, 0.25) is 0 Å². The first-order chi connectivity index (χ1) is 9.72. The van der Waals surface area contributed by atoms with Gasteiger partial charge in [0.05, 0.1) is 12.0 Å². The van der Waals surface area contributed by atoms with Crippen LogP contribution in [0.4, 0.5) is 13.2 Å². The zero-order valence-corrected chi connectivity index (χ0v) is 11.0. The number of carbonyl (C=O) groups excluding carboxylic acids is 1. The van der Waals surface area contributed by atoms with Crippen LogP contribution in [0, 0.1) is 17.8 Å². The van der Waals surface area contributed by atoms with E-state index in [0.29, 0.717) is 6.21 Å². The number of terminal acetylenes is 1. The van der Waals surface area contributed by atoms with Crippen molar-refractivity contribution in [2.24, 2.45) is 0 Å². The molecule has 4 nitrogen and oxygen atoms in total. The summed E-state index contributed by atoms with van der Waals surface area (Å²) in [6, 6.07) is 1.98. The van der Waals surface area contributed by atoms with Crippen molar-refractivity contribution in [3.05, 3.63) is 28.8 Å². The molecule has 1 atom stereocenters. The number of hydrogen-bond acceptors (Lipinski definition) is 4. The van der Waals surface area contributed by atoms with Gasteiger partial charge >= 0.3 is 12.1 Å². The Labute approximate surface area is 119 Å². The molecule has 0 bridgehead atoms. The lowest BCUT2D eigenvalue weighted by molar-refractivity contribution is -0.150. The average Bonchev–Trinajstić information content (AvgIpc) is 2.36. The quantitative estimate of drug-likeness (QED) is 0.510. The highest BCUT2D eigenvalue weighted by Gasteiger charge is 2.39. The molecule has 0 aliphatic heterocycles. The van der Waals surface area contributed by atoms with Gasteiger partial charge in [0.15, 0.2) is 0 Å². The van der Waals surface area contributed by atoms with Crippen LogP contribution in [-0.4, -0.2) is 17.3 Å². The van der Waals surface area contributed by atoms with Gasteiger partial charge in [-0.2, -0.15) is 13.2 Å². The third kappa shape index (κ3) is 3.75. The van der Waals surface area contributed by atoms with Crippen molar-refractivity contribution in [3.63, 3.8) is 0 Å². The molecule has 2 N–H and O–H groups in total. The van der Waals surface area contributed by atoms with E-state index >= 15 is 0 Å². The summed E-state index contributed by atoms with van der Waals surface area (Å²) in [7, 11) is 0. The number of aromatic hydroxyl groups is 1. The van der Waals surface area contributed by atoms with Crippen molar-refractivity contribution in [3.8, 4) is 18.1 Å². The second-order valence-electron chi connectivity index (χ2n) is 4.11. The number of alkyl halides is 3. The second-order valence-corrected chi connectivity index (χ2v) is 4.11. The highest BCUT2D eigenvalue weighted by Crippen LogP contribution is 2.41. The molecule has 1 rings (SSSR count). The van der Waals surface area contributed by atoms with Gasteiger partial charge in [0, 0.05) is 24.3 Å². The minimum Gasteiger partial charge on any atom is -0.507 e. The number of esters is 1. The first-order valence-electron chi connectivity index (χ1n) is 5.76. The van der Waals surface area contributed by atoms with Crippen molar-refractivity contribution in [1.29, 1.82) is 5.41 Å². The van der Waals surface area contributed by atoms with Crippen LogP contribution in [0.1, 0.15) is 36.1 Å². The number of hydrogen-bond donors (Lipinski definition) is 2. The van der Waals surface area contributed by atoms with E-state index in [1.165, 1.54) is 0 Å². The lowest BCUT2D eigenvalue weighted by Gasteiger charge is -2.22. The van der Waals surface area contributed by atoms with E-state index < -0.39 is 40.7 Å². The maximum Gasteiger partial charge on any atom is 0.417 e. The highest BCUT2D eigenvalue weighted by molar-refractivity contribution is 5.84. The second kappa shape index (κ2) is 6.31. The molecule has 0 aromatic heterocycles. The summed E-state index contributed by atoms with van der Waals surface area (Å²) in [6.07, 6.45) is -0.924. The number of nitrogens with one attached hydrogen (secondary N) is 1. The van der Waals surface area contributed by atoms with Gasteiger partial charge in [-0.15, -0.1) is 12.3 Å². The van der Waals surface area contributed by atoms with Gasteiger partial charge in [-0.3, -0.25) is 4.79 Å². The minimum absolute atomic E-state index is 0.259. The van der Waals surface area contributed by atoms with Gasteiger partial charge in [-0.05, 0) is 6.07 Å². The SMILES string of the molecule is C#CCC(OC(C)=O)c1ccc(O)c(C=N)c1C(F)(F)F. The smallest absolute Gasteiger partial charge is 0.417 e. The molecule has 21 heavy (non-hydrogen) atoms. The largest absolute Gasteiger partial charge is 0.507 e. The van der Waals surface area contributed by atoms with Gasteiger partial charge in [0.1, 0.15) is 11.9 Å². The Morgan fingerprint density at radius 1 is 1.57 bits per heavy atom. The first-order valence-corrected chi connectivity index (χ1v) is 5.76. The zero-order chi connectivity index (χ0) is 16.2.